The lowest BCUT2D eigenvalue weighted by Crippen LogP contribution is -1.82. The predicted molar refractivity (Wildman–Crippen MR) is 92.6 cm³/mol. The lowest BCUT2D eigenvalue weighted by molar-refractivity contribution is 0.592. The van der Waals surface area contributed by atoms with Gasteiger partial charge in [-0.05, 0) is 12.1 Å². The van der Waals surface area contributed by atoms with Crippen LogP contribution in [0.15, 0.2) is 64.0 Å². The van der Waals surface area contributed by atoms with Crippen LogP contribution in [0.25, 0.3) is 11.3 Å². The van der Waals surface area contributed by atoms with Gasteiger partial charge in [0.25, 0.3) is 0 Å². The molecular formula is C18H10Cl2N2O. The number of aliphatic imine (C=N–C) groups is 1. The van der Waals surface area contributed by atoms with Gasteiger partial charge in [0, 0.05) is 28.4 Å². The van der Waals surface area contributed by atoms with Crippen molar-refractivity contribution >= 4 is 35.3 Å². The molecule has 0 atom stereocenters. The molecule has 23 heavy (non-hydrogen) atoms. The van der Waals surface area contributed by atoms with Crippen molar-refractivity contribution < 1.29 is 4.42 Å². The summed E-state index contributed by atoms with van der Waals surface area (Å²) in [4.78, 5) is 4.24. The van der Waals surface area contributed by atoms with E-state index in [1.54, 1.807) is 30.5 Å². The number of nitrogens with zero attached hydrogens (tertiary/aromatic N) is 2. The smallest absolute Gasteiger partial charge is 0.237 e. The second-order valence-electron chi connectivity index (χ2n) is 4.73. The second kappa shape index (κ2) is 6.70. The van der Waals surface area contributed by atoms with Crippen LogP contribution in [0.1, 0.15) is 11.1 Å². The number of benzene rings is 2. The Morgan fingerprint density at radius 1 is 1.04 bits per heavy atom. The van der Waals surface area contributed by atoms with Crippen LogP contribution >= 0.6 is 23.2 Å². The molecule has 0 radical (unpaired) electrons. The SMILES string of the molecule is N#Cc1cc(-c2ccccc2)oc1/N=C/c1ccc(Cl)cc1Cl. The summed E-state index contributed by atoms with van der Waals surface area (Å²) >= 11 is 12.0. The Bertz CT molecular complexity index is 909. The zero-order chi connectivity index (χ0) is 16.2. The Balaban J connectivity index is 1.95. The number of hydrogen-bond donors (Lipinski definition) is 0. The molecule has 0 saturated heterocycles. The number of hydrogen-bond acceptors (Lipinski definition) is 3. The van der Waals surface area contributed by atoms with E-state index in [0.29, 0.717) is 26.9 Å². The molecule has 0 fully saturated rings. The van der Waals surface area contributed by atoms with Gasteiger partial charge in [-0.3, -0.25) is 0 Å². The maximum absolute atomic E-state index is 9.24. The third-order valence-corrected chi connectivity index (χ3v) is 3.74. The molecule has 0 aliphatic heterocycles. The summed E-state index contributed by atoms with van der Waals surface area (Å²) in [6.07, 6.45) is 1.55. The Labute approximate surface area is 143 Å². The zero-order valence-electron chi connectivity index (χ0n) is 11.8. The second-order valence-corrected chi connectivity index (χ2v) is 5.57. The fraction of sp³-hybridized carbons (Fsp3) is 0. The quantitative estimate of drug-likeness (QED) is 0.559. The summed E-state index contributed by atoms with van der Waals surface area (Å²) in [7, 11) is 0. The van der Waals surface area contributed by atoms with Crippen molar-refractivity contribution in [3.05, 3.63) is 75.8 Å². The molecule has 1 aromatic heterocycles. The maximum atomic E-state index is 9.24. The van der Waals surface area contributed by atoms with E-state index in [2.05, 4.69) is 11.1 Å². The van der Waals surface area contributed by atoms with E-state index in [1.807, 2.05) is 30.3 Å². The number of nitriles is 1. The van der Waals surface area contributed by atoms with Crippen LogP contribution in [0.5, 0.6) is 0 Å². The van der Waals surface area contributed by atoms with Gasteiger partial charge in [0.2, 0.25) is 5.88 Å². The Kier molecular flexibility index (Phi) is 4.47. The van der Waals surface area contributed by atoms with Crippen LogP contribution in [-0.4, -0.2) is 6.21 Å². The Morgan fingerprint density at radius 2 is 1.83 bits per heavy atom. The highest BCUT2D eigenvalue weighted by atomic mass is 35.5. The summed E-state index contributed by atoms with van der Waals surface area (Å²) in [5, 5.41) is 10.3. The minimum atomic E-state index is 0.248. The molecule has 0 saturated carbocycles. The topological polar surface area (TPSA) is 49.3 Å². The van der Waals surface area contributed by atoms with Crippen molar-refractivity contribution in [3.63, 3.8) is 0 Å². The van der Waals surface area contributed by atoms with Crippen molar-refractivity contribution in [2.24, 2.45) is 4.99 Å². The number of furan rings is 1. The van der Waals surface area contributed by atoms with Crippen LogP contribution in [-0.2, 0) is 0 Å². The third kappa shape index (κ3) is 3.45. The van der Waals surface area contributed by atoms with E-state index in [4.69, 9.17) is 27.6 Å². The van der Waals surface area contributed by atoms with Crippen molar-refractivity contribution in [1.82, 2.24) is 0 Å². The van der Waals surface area contributed by atoms with Gasteiger partial charge in [0.05, 0.1) is 5.02 Å². The monoisotopic (exact) mass is 340 g/mol. The fourth-order valence-corrected chi connectivity index (χ4v) is 2.49. The zero-order valence-corrected chi connectivity index (χ0v) is 13.3. The normalized spacial score (nSPS) is 10.8. The van der Waals surface area contributed by atoms with Crippen LogP contribution < -0.4 is 0 Å². The first-order valence-electron chi connectivity index (χ1n) is 6.76. The van der Waals surface area contributed by atoms with Gasteiger partial charge in [-0.1, -0.05) is 59.6 Å². The Hall–Kier alpha value is -2.54. The summed E-state index contributed by atoms with van der Waals surface area (Å²) in [6, 6.07) is 18.4. The van der Waals surface area contributed by atoms with Crippen LogP contribution in [0.3, 0.4) is 0 Å². The molecule has 3 rings (SSSR count). The van der Waals surface area contributed by atoms with E-state index in [-0.39, 0.29) is 5.88 Å². The molecule has 5 heteroatoms. The van der Waals surface area contributed by atoms with Gasteiger partial charge in [0.15, 0.2) is 0 Å². The molecule has 2 aromatic carbocycles. The highest BCUT2D eigenvalue weighted by Crippen LogP contribution is 2.31. The Morgan fingerprint density at radius 3 is 2.52 bits per heavy atom. The first-order chi connectivity index (χ1) is 11.2. The van der Waals surface area contributed by atoms with Crippen molar-refractivity contribution in [2.45, 2.75) is 0 Å². The van der Waals surface area contributed by atoms with E-state index < -0.39 is 0 Å². The van der Waals surface area contributed by atoms with Gasteiger partial charge in [0.1, 0.15) is 17.4 Å². The standard InChI is InChI=1S/C18H10Cl2N2O/c19-15-7-6-13(16(20)9-15)11-22-18-14(10-21)8-17(23-18)12-4-2-1-3-5-12/h1-9,11H/b22-11+. The molecular weight excluding hydrogens is 331 g/mol. The molecule has 0 spiro atoms. The maximum Gasteiger partial charge on any atom is 0.237 e. The van der Waals surface area contributed by atoms with Crippen molar-refractivity contribution in [1.29, 1.82) is 5.26 Å². The molecule has 0 N–H and O–H groups in total. The highest BCUT2D eigenvalue weighted by molar-refractivity contribution is 6.36. The fourth-order valence-electron chi connectivity index (χ4n) is 2.04. The average Bonchev–Trinajstić information content (AvgIpc) is 2.98. The first-order valence-corrected chi connectivity index (χ1v) is 7.51. The minimum absolute atomic E-state index is 0.248. The molecule has 0 unspecified atom stereocenters. The molecule has 1 heterocycles. The van der Waals surface area contributed by atoms with Gasteiger partial charge in [-0.25, -0.2) is 4.99 Å². The van der Waals surface area contributed by atoms with Gasteiger partial charge >= 0.3 is 0 Å². The van der Waals surface area contributed by atoms with E-state index in [9.17, 15) is 5.26 Å². The number of rotatable bonds is 3. The highest BCUT2D eigenvalue weighted by Gasteiger charge is 2.11. The average molecular weight is 341 g/mol. The van der Waals surface area contributed by atoms with Crippen molar-refractivity contribution in [2.75, 3.05) is 0 Å². The molecule has 0 aliphatic rings. The molecule has 0 aliphatic carbocycles. The summed E-state index contributed by atoms with van der Waals surface area (Å²) in [6.45, 7) is 0. The van der Waals surface area contributed by atoms with Gasteiger partial charge in [-0.15, -0.1) is 0 Å². The third-order valence-electron chi connectivity index (χ3n) is 3.17. The molecule has 112 valence electrons. The molecule has 0 bridgehead atoms. The van der Waals surface area contributed by atoms with E-state index in [0.717, 1.165) is 5.56 Å². The molecule has 3 nitrogen and oxygen atoms in total. The van der Waals surface area contributed by atoms with E-state index in [1.165, 1.54) is 0 Å². The molecule has 0 amide bonds. The summed E-state index contributed by atoms with van der Waals surface area (Å²) in [5.41, 5.74) is 1.94. The van der Waals surface area contributed by atoms with Crippen LogP contribution in [0.4, 0.5) is 5.88 Å². The lowest BCUT2D eigenvalue weighted by Gasteiger charge is -1.97. The van der Waals surface area contributed by atoms with Crippen LogP contribution in [0.2, 0.25) is 10.0 Å². The largest absolute Gasteiger partial charge is 0.437 e. The first kappa shape index (κ1) is 15.4. The van der Waals surface area contributed by atoms with Gasteiger partial charge in [-0.2, -0.15) is 5.26 Å². The number of halogens is 2. The lowest BCUT2D eigenvalue weighted by atomic mass is 10.1. The summed E-state index contributed by atoms with van der Waals surface area (Å²) < 4.78 is 5.69. The van der Waals surface area contributed by atoms with Crippen LogP contribution in [0, 0.1) is 11.3 Å². The predicted octanol–water partition coefficient (Wildman–Crippen LogP) is 5.88. The van der Waals surface area contributed by atoms with Crippen molar-refractivity contribution in [3.8, 4) is 17.4 Å². The minimum Gasteiger partial charge on any atom is -0.437 e. The van der Waals surface area contributed by atoms with Gasteiger partial charge < -0.3 is 4.42 Å². The van der Waals surface area contributed by atoms with E-state index >= 15 is 0 Å². The summed E-state index contributed by atoms with van der Waals surface area (Å²) in [5.74, 6) is 0.842. The molecule has 3 aromatic rings.